The third-order valence-corrected chi connectivity index (χ3v) is 11.8. The summed E-state index contributed by atoms with van der Waals surface area (Å²) in [5.74, 6) is -3.10. The summed E-state index contributed by atoms with van der Waals surface area (Å²) >= 11 is 2.39. The Morgan fingerprint density at radius 3 is 1.47 bits per heavy atom. The van der Waals surface area contributed by atoms with Crippen molar-refractivity contribution in [2.24, 2.45) is 23.5 Å². The van der Waals surface area contributed by atoms with Crippen LogP contribution in [-0.4, -0.2) is 57.0 Å². The first kappa shape index (κ1) is 43.8. The Morgan fingerprint density at radius 2 is 1.05 bits per heavy atom. The minimum absolute atomic E-state index is 0.0855. The van der Waals surface area contributed by atoms with Crippen molar-refractivity contribution in [1.29, 1.82) is 0 Å². The molecule has 0 radical (unpaired) electrons. The number of carboxylic acid groups (broad SMARTS) is 1. The normalized spacial score (nSPS) is 14.4. The van der Waals surface area contributed by atoms with Crippen molar-refractivity contribution in [2.45, 2.75) is 84.3 Å². The fourth-order valence-electron chi connectivity index (χ4n) is 6.57. The molecule has 5 rings (SSSR count). The fraction of sp³-hybridized carbons (Fsp3) is 0.364. The third kappa shape index (κ3) is 10.0. The van der Waals surface area contributed by atoms with E-state index < -0.39 is 59.6 Å². The summed E-state index contributed by atoms with van der Waals surface area (Å²) in [5, 5.41) is 22.4. The number of carbonyl (C=O) groups is 4. The van der Waals surface area contributed by atoms with Crippen molar-refractivity contribution in [3.8, 4) is 0 Å². The standard InChI is InChI=1S/C44H52N6O6S2/c1-25(2)34(45)39(52)50-37(28(7)56-44(29-17-11-8-12-18-29,30-19-13-9-14-20-30)31-21-15-10-16-22-31)40(53)49-36(27(5)6)41-46-32(23-57-41)38(51)48-35(26(3)4)42-47-33(24-58-42)43(54)55/h8-28,34-37H,45H2,1-7H3,(H,48,51)(H,49,53)(H,50,52)(H,54,55)/t28-,34+,35+,36+,37+/m1/s1. The fourth-order valence-corrected chi connectivity index (χ4v) is 8.60. The number of thiazole rings is 2. The summed E-state index contributed by atoms with van der Waals surface area (Å²) in [6, 6.07) is 26.0. The Kier molecular flexibility index (Phi) is 14.7. The number of aromatic nitrogens is 2. The van der Waals surface area contributed by atoms with E-state index in [0.717, 1.165) is 28.0 Å². The maximum absolute atomic E-state index is 14.7. The van der Waals surface area contributed by atoms with Crippen molar-refractivity contribution in [1.82, 2.24) is 25.9 Å². The van der Waals surface area contributed by atoms with Gasteiger partial charge in [0.25, 0.3) is 5.91 Å². The second-order valence-electron chi connectivity index (χ2n) is 15.2. The molecule has 2 aromatic heterocycles. The van der Waals surface area contributed by atoms with Gasteiger partial charge < -0.3 is 31.5 Å². The Balaban J connectivity index is 1.48. The zero-order valence-corrected chi connectivity index (χ0v) is 35.3. The lowest BCUT2D eigenvalue weighted by atomic mass is 9.79. The van der Waals surface area contributed by atoms with Crippen molar-refractivity contribution in [2.75, 3.05) is 0 Å². The highest BCUT2D eigenvalue weighted by Crippen LogP contribution is 2.42. The number of nitrogens with zero attached hydrogens (tertiary/aromatic N) is 2. The number of nitrogens with two attached hydrogens (primary N) is 1. The third-order valence-electron chi connectivity index (χ3n) is 9.92. The Hall–Kier alpha value is -5.28. The molecule has 0 unspecified atom stereocenters. The van der Waals surface area contributed by atoms with Crippen LogP contribution in [0.2, 0.25) is 0 Å². The van der Waals surface area contributed by atoms with Gasteiger partial charge in [-0.25, -0.2) is 14.8 Å². The van der Waals surface area contributed by atoms with Crippen LogP contribution in [0.5, 0.6) is 0 Å². The van der Waals surface area contributed by atoms with Crippen LogP contribution in [0.25, 0.3) is 0 Å². The van der Waals surface area contributed by atoms with Gasteiger partial charge in [-0.2, -0.15) is 0 Å². The molecule has 3 amide bonds. The van der Waals surface area contributed by atoms with E-state index in [0.29, 0.717) is 10.0 Å². The van der Waals surface area contributed by atoms with Crippen LogP contribution in [0.1, 0.15) is 108 Å². The second kappa shape index (κ2) is 19.4. The van der Waals surface area contributed by atoms with Crippen LogP contribution in [0.3, 0.4) is 0 Å². The average Bonchev–Trinajstić information content (AvgIpc) is 3.92. The Labute approximate surface area is 347 Å². The first-order valence-corrected chi connectivity index (χ1v) is 21.1. The molecule has 6 N–H and O–H groups in total. The molecule has 306 valence electrons. The van der Waals surface area contributed by atoms with Crippen LogP contribution >= 0.6 is 22.7 Å². The first-order chi connectivity index (χ1) is 27.6. The van der Waals surface area contributed by atoms with E-state index in [9.17, 15) is 24.3 Å². The number of carboxylic acids is 1. The van der Waals surface area contributed by atoms with E-state index in [-0.39, 0.29) is 29.1 Å². The molecule has 0 fully saturated rings. The van der Waals surface area contributed by atoms with Crippen LogP contribution in [0, 0.1) is 17.8 Å². The minimum Gasteiger partial charge on any atom is -0.476 e. The molecule has 12 nitrogen and oxygen atoms in total. The number of benzene rings is 3. The van der Waals surface area contributed by atoms with Gasteiger partial charge in [0.15, 0.2) is 5.69 Å². The molecule has 0 aliphatic heterocycles. The Bertz CT molecular complexity index is 2040. The quantitative estimate of drug-likeness (QED) is 0.0575. The van der Waals surface area contributed by atoms with Gasteiger partial charge in [-0.05, 0) is 41.4 Å². The van der Waals surface area contributed by atoms with Crippen molar-refractivity contribution < 1.29 is 29.0 Å². The molecule has 14 heteroatoms. The predicted octanol–water partition coefficient (Wildman–Crippen LogP) is 7.10. The van der Waals surface area contributed by atoms with Crippen LogP contribution in [-0.2, 0) is 19.9 Å². The van der Waals surface area contributed by atoms with E-state index in [2.05, 4.69) is 25.9 Å². The summed E-state index contributed by atoms with van der Waals surface area (Å²) in [5.41, 5.74) is 7.67. The van der Waals surface area contributed by atoms with Gasteiger partial charge in [0.1, 0.15) is 27.4 Å². The van der Waals surface area contributed by atoms with Gasteiger partial charge >= 0.3 is 5.97 Å². The van der Waals surface area contributed by atoms with Crippen LogP contribution in [0.4, 0.5) is 0 Å². The monoisotopic (exact) mass is 824 g/mol. The van der Waals surface area contributed by atoms with E-state index in [4.69, 9.17) is 10.5 Å². The smallest absolute Gasteiger partial charge is 0.355 e. The van der Waals surface area contributed by atoms with E-state index in [1.54, 1.807) is 12.3 Å². The number of nitrogens with one attached hydrogen (secondary N) is 3. The Morgan fingerprint density at radius 1 is 0.621 bits per heavy atom. The minimum atomic E-state index is -1.21. The molecule has 0 aliphatic rings. The van der Waals surface area contributed by atoms with Crippen LogP contribution in [0.15, 0.2) is 102 Å². The van der Waals surface area contributed by atoms with Gasteiger partial charge in [0.05, 0.1) is 24.2 Å². The highest BCUT2D eigenvalue weighted by Gasteiger charge is 2.43. The lowest BCUT2D eigenvalue weighted by molar-refractivity contribution is -0.137. The summed E-state index contributed by atoms with van der Waals surface area (Å²) in [6.45, 7) is 13.1. The van der Waals surface area contributed by atoms with Gasteiger partial charge in [0.2, 0.25) is 11.8 Å². The van der Waals surface area contributed by atoms with E-state index >= 15 is 0 Å². The molecule has 5 aromatic rings. The lowest BCUT2D eigenvalue weighted by Crippen LogP contribution is -2.59. The zero-order valence-electron chi connectivity index (χ0n) is 33.7. The first-order valence-electron chi connectivity index (χ1n) is 19.3. The number of amides is 3. The SMILES string of the molecule is CC(C)[C@H](N)C(=O)N[C@H](C(=O)N[C@H](c1nc(C(=O)N[C@H](c2nc(C(=O)O)cs2)C(C)C)cs1)C(C)C)[C@@H](C)OC(c1ccccc1)(c1ccccc1)c1ccccc1. The second-order valence-corrected chi connectivity index (χ2v) is 17.0. The summed E-state index contributed by atoms with van der Waals surface area (Å²) < 4.78 is 7.19. The maximum atomic E-state index is 14.7. The molecule has 2 heterocycles. The number of hydrogen-bond donors (Lipinski definition) is 5. The summed E-state index contributed by atoms with van der Waals surface area (Å²) in [7, 11) is 0. The average molecular weight is 825 g/mol. The lowest BCUT2D eigenvalue weighted by Gasteiger charge is -2.40. The topological polar surface area (TPSA) is 186 Å². The number of aromatic carboxylic acids is 1. The van der Waals surface area contributed by atoms with Crippen LogP contribution < -0.4 is 21.7 Å². The van der Waals surface area contributed by atoms with Gasteiger partial charge in [0, 0.05) is 10.8 Å². The molecule has 58 heavy (non-hydrogen) atoms. The number of carbonyl (C=O) groups excluding carboxylic acids is 3. The molecule has 5 atom stereocenters. The van der Waals surface area contributed by atoms with Gasteiger partial charge in [-0.3, -0.25) is 14.4 Å². The maximum Gasteiger partial charge on any atom is 0.355 e. The highest BCUT2D eigenvalue weighted by atomic mass is 32.1. The summed E-state index contributed by atoms with van der Waals surface area (Å²) in [4.78, 5) is 62.2. The molecule has 3 aromatic carbocycles. The van der Waals surface area contributed by atoms with E-state index in [1.807, 2.05) is 133 Å². The van der Waals surface area contributed by atoms with Gasteiger partial charge in [-0.1, -0.05) is 133 Å². The number of ether oxygens (including phenoxy) is 1. The molecular weight excluding hydrogens is 773 g/mol. The molecule has 0 bridgehead atoms. The predicted molar refractivity (Wildman–Crippen MR) is 226 cm³/mol. The number of hydrogen-bond acceptors (Lipinski definition) is 10. The van der Waals surface area contributed by atoms with E-state index in [1.165, 1.54) is 16.7 Å². The van der Waals surface area contributed by atoms with Gasteiger partial charge in [-0.15, -0.1) is 22.7 Å². The molecule has 0 saturated carbocycles. The largest absolute Gasteiger partial charge is 0.476 e. The van der Waals surface area contributed by atoms with Crippen molar-refractivity contribution in [3.05, 3.63) is 140 Å². The summed E-state index contributed by atoms with van der Waals surface area (Å²) in [6.07, 6.45) is -0.921. The molecular formula is C44H52N6O6S2. The zero-order chi connectivity index (χ0) is 42.1. The highest BCUT2D eigenvalue weighted by molar-refractivity contribution is 7.10. The van der Waals surface area contributed by atoms with Crippen molar-refractivity contribution in [3.63, 3.8) is 0 Å². The number of rotatable bonds is 18. The molecule has 0 aliphatic carbocycles. The van der Waals surface area contributed by atoms with Crippen molar-refractivity contribution >= 4 is 46.4 Å². The molecule has 0 spiro atoms. The molecule has 0 saturated heterocycles.